The highest BCUT2D eigenvalue weighted by Gasteiger charge is 2.23. The van der Waals surface area contributed by atoms with Gasteiger partial charge >= 0.3 is 0 Å². The maximum Gasteiger partial charge on any atom is 0.213 e. The zero-order chi connectivity index (χ0) is 59.7. The first-order valence-corrected chi connectivity index (χ1v) is 30.5. The summed E-state index contributed by atoms with van der Waals surface area (Å²) in [6.45, 7) is 8.70. The maximum absolute atomic E-state index is 8.82. The highest BCUT2D eigenvalue weighted by Crippen LogP contribution is 2.35. The van der Waals surface area contributed by atoms with Crippen molar-refractivity contribution in [2.45, 2.75) is 130 Å². The SMILES string of the molecule is Cc1ccccc1-c1cc(-c2ccc(CC3CCCCC3)cc2)cc[n+]1C.[2H]C([2H])(c1ccc(-c2cc[n+](C)c(-c3ccccc3C)c2)cc1)C1CCCCC1.[2H]C([2H])(c1cccc(-c2cc[n+](C)c(-c3ccccc3C)c2)c1)C1CCC(C)C1. The van der Waals surface area contributed by atoms with Crippen LogP contribution < -0.4 is 13.7 Å². The van der Waals surface area contributed by atoms with Crippen LogP contribution in [0.4, 0.5) is 0 Å². The molecule has 0 spiro atoms. The third kappa shape index (κ3) is 15.0. The van der Waals surface area contributed by atoms with Crippen molar-refractivity contribution in [1.82, 2.24) is 0 Å². The third-order valence-corrected chi connectivity index (χ3v) is 17.7. The molecule has 2 atom stereocenters. The molecule has 3 heteroatoms. The summed E-state index contributed by atoms with van der Waals surface area (Å²) in [6.07, 6.45) is 20.9. The van der Waals surface area contributed by atoms with Crippen LogP contribution in [0.25, 0.3) is 67.2 Å². The number of aryl methyl sites for hydroxylation is 6. The highest BCUT2D eigenvalue weighted by atomic mass is 14.9. The fraction of sp³-hybridized carbons (Fsp3) is 0.346. The van der Waals surface area contributed by atoms with Gasteiger partial charge in [0.25, 0.3) is 0 Å². The monoisotopic (exact) mass is 1070 g/mol. The first-order valence-electron chi connectivity index (χ1n) is 32.5. The van der Waals surface area contributed by atoms with Gasteiger partial charge in [-0.15, -0.1) is 0 Å². The van der Waals surface area contributed by atoms with Gasteiger partial charge in [-0.1, -0.05) is 205 Å². The Bertz CT molecular complexity index is 3680. The van der Waals surface area contributed by atoms with E-state index in [-0.39, 0.29) is 11.8 Å². The van der Waals surface area contributed by atoms with E-state index in [1.165, 1.54) is 112 Å². The van der Waals surface area contributed by atoms with E-state index < -0.39 is 12.7 Å². The largest absolute Gasteiger partial charge is 0.213 e. The second-order valence-electron chi connectivity index (χ2n) is 24.0. The van der Waals surface area contributed by atoms with Crippen LogP contribution >= 0.6 is 0 Å². The fourth-order valence-electron chi connectivity index (χ4n) is 12.8. The number of pyridine rings is 3. The van der Waals surface area contributed by atoms with Crippen molar-refractivity contribution in [3.8, 4) is 67.2 Å². The van der Waals surface area contributed by atoms with E-state index in [0.29, 0.717) is 5.92 Å². The van der Waals surface area contributed by atoms with Crippen LogP contribution in [-0.4, -0.2) is 0 Å². The minimum atomic E-state index is -1.28. The van der Waals surface area contributed by atoms with Crippen LogP contribution in [0.3, 0.4) is 0 Å². The lowest BCUT2D eigenvalue weighted by molar-refractivity contribution is -0.660. The minimum absolute atomic E-state index is 0.115. The average Bonchev–Trinajstić information content (AvgIpc) is 4.09. The van der Waals surface area contributed by atoms with Gasteiger partial charge in [0.05, 0.1) is 0 Å². The van der Waals surface area contributed by atoms with Gasteiger partial charge in [-0.3, -0.25) is 0 Å². The molecule has 6 aromatic carbocycles. The number of aromatic nitrogens is 3. The molecule has 9 aromatic rings. The molecule has 0 radical (unpaired) electrons. The molecule has 3 heterocycles. The molecule has 0 bridgehead atoms. The van der Waals surface area contributed by atoms with E-state index in [1.807, 2.05) is 24.3 Å². The zero-order valence-corrected chi connectivity index (χ0v) is 49.6. The van der Waals surface area contributed by atoms with Gasteiger partial charge in [-0.25, -0.2) is 13.7 Å². The second-order valence-corrected chi connectivity index (χ2v) is 24.0. The first-order chi connectivity index (χ1) is 41.0. The van der Waals surface area contributed by atoms with Gasteiger partial charge in [0.15, 0.2) is 18.6 Å². The van der Waals surface area contributed by atoms with Crippen LogP contribution in [0.5, 0.6) is 0 Å². The summed E-state index contributed by atoms with van der Waals surface area (Å²) in [5, 5.41) is 0. The number of rotatable bonds is 12. The lowest BCUT2D eigenvalue weighted by Gasteiger charge is -2.21. The van der Waals surface area contributed by atoms with E-state index in [9.17, 15) is 0 Å². The Morgan fingerprint density at radius 1 is 0.358 bits per heavy atom. The molecular weight excluding hydrogens is 979 g/mol. The van der Waals surface area contributed by atoms with Gasteiger partial charge in [0.2, 0.25) is 17.1 Å². The first kappa shape index (κ1) is 51.9. The van der Waals surface area contributed by atoms with Crippen molar-refractivity contribution in [2.24, 2.45) is 44.8 Å². The molecule has 2 unspecified atom stereocenters. The van der Waals surface area contributed by atoms with E-state index >= 15 is 0 Å². The molecule has 12 rings (SSSR count). The lowest BCUT2D eigenvalue weighted by Crippen LogP contribution is -2.30. The Labute approximate surface area is 493 Å². The Balaban J connectivity index is 0.000000142. The van der Waals surface area contributed by atoms with Gasteiger partial charge in [-0.05, 0) is 161 Å². The normalized spacial score (nSPS) is 17.6. The van der Waals surface area contributed by atoms with Gasteiger partial charge in [0.1, 0.15) is 21.1 Å². The molecule has 3 saturated carbocycles. The summed E-state index contributed by atoms with van der Waals surface area (Å²) in [5.74, 6) is 1.78. The van der Waals surface area contributed by atoms with E-state index in [1.54, 1.807) is 0 Å². The summed E-state index contributed by atoms with van der Waals surface area (Å²) in [6, 6.07) is 64.3. The number of benzene rings is 6. The van der Waals surface area contributed by atoms with Crippen LogP contribution in [-0.2, 0) is 40.3 Å². The third-order valence-electron chi connectivity index (χ3n) is 17.7. The van der Waals surface area contributed by atoms with Crippen LogP contribution in [0.2, 0.25) is 0 Å². The molecule has 3 nitrogen and oxygen atoms in total. The summed E-state index contributed by atoms with van der Waals surface area (Å²) in [7, 11) is 6.27. The van der Waals surface area contributed by atoms with Crippen LogP contribution in [0.1, 0.15) is 129 Å². The molecule has 0 saturated heterocycles. The van der Waals surface area contributed by atoms with Crippen LogP contribution in [0.15, 0.2) is 201 Å². The quantitative estimate of drug-likeness (QED) is 0.108. The average molecular weight is 1070 g/mol. The Kier molecular flexibility index (Phi) is 17.6. The molecule has 0 aliphatic heterocycles. The predicted molar refractivity (Wildman–Crippen MR) is 340 cm³/mol. The maximum atomic E-state index is 8.82. The number of hydrogen-bond donors (Lipinski definition) is 0. The molecule has 81 heavy (non-hydrogen) atoms. The topological polar surface area (TPSA) is 11.6 Å². The van der Waals surface area contributed by atoms with Crippen molar-refractivity contribution in [2.75, 3.05) is 0 Å². The van der Waals surface area contributed by atoms with Crippen molar-refractivity contribution >= 4 is 0 Å². The van der Waals surface area contributed by atoms with Crippen molar-refractivity contribution in [3.05, 3.63) is 234 Å². The molecule has 3 fully saturated rings. The van der Waals surface area contributed by atoms with Gasteiger partial charge in [0, 0.05) is 58.6 Å². The van der Waals surface area contributed by atoms with Crippen molar-refractivity contribution < 1.29 is 19.2 Å². The van der Waals surface area contributed by atoms with Gasteiger partial charge < -0.3 is 0 Å². The zero-order valence-electron chi connectivity index (χ0n) is 53.6. The van der Waals surface area contributed by atoms with Crippen molar-refractivity contribution in [1.29, 1.82) is 0 Å². The molecule has 0 N–H and O–H groups in total. The standard InChI is InChI=1S/3C26H30N/c1-19-11-12-22(15-19)16-21-8-6-9-23(17-21)24-13-14-27(3)26(18-24)25-10-5-4-7-20(25)2;2*1-20-8-6-7-11-25(20)26-19-24(16-17-27(26)2)23-14-12-22(13-15-23)18-21-9-4-3-5-10-21/h4-10,13-14,17-19,22H,11-12,15-16H2,1-3H3;2*6-8,11-17,19,21H,3-5,9-10,18H2,1-2H3/q3*+1/i16D2;18D2;. The van der Waals surface area contributed by atoms with Crippen LogP contribution in [0, 0.1) is 44.4 Å². The summed E-state index contributed by atoms with van der Waals surface area (Å²) in [4.78, 5) is 0. The molecule has 3 aliphatic carbocycles. The predicted octanol–water partition coefficient (Wildman–Crippen LogP) is 18.7. The highest BCUT2D eigenvalue weighted by molar-refractivity contribution is 5.73. The Morgan fingerprint density at radius 2 is 0.765 bits per heavy atom. The number of nitrogens with zero attached hydrogens (tertiary/aromatic N) is 3. The molecular formula is C78H90N3+3. The van der Waals surface area contributed by atoms with Crippen molar-refractivity contribution in [3.63, 3.8) is 0 Å². The molecule has 414 valence electrons. The number of hydrogen-bond acceptors (Lipinski definition) is 0. The minimum Gasteiger partial charge on any atom is -0.201 e. The lowest BCUT2D eigenvalue weighted by atomic mass is 9.84. The summed E-state index contributed by atoms with van der Waals surface area (Å²) >= 11 is 0. The molecule has 3 aliphatic rings. The van der Waals surface area contributed by atoms with E-state index in [0.717, 1.165) is 84.2 Å². The molecule has 0 amide bonds. The summed E-state index contributed by atoms with van der Waals surface area (Å²) < 4.78 is 41.5. The second kappa shape index (κ2) is 27.5. The fourth-order valence-corrected chi connectivity index (χ4v) is 12.8. The smallest absolute Gasteiger partial charge is 0.201 e. The summed E-state index contributed by atoms with van der Waals surface area (Å²) in [5.41, 5.74) is 21.4. The van der Waals surface area contributed by atoms with Gasteiger partial charge in [-0.2, -0.15) is 0 Å². The van der Waals surface area contributed by atoms with E-state index in [4.69, 9.17) is 5.48 Å². The molecule has 3 aromatic heterocycles. The Morgan fingerprint density at radius 3 is 1.21 bits per heavy atom. The van der Waals surface area contributed by atoms with E-state index in [2.05, 4.69) is 239 Å². The Hall–Kier alpha value is -7.23.